The van der Waals surface area contributed by atoms with E-state index in [0.717, 1.165) is 0 Å². The molecule has 0 saturated carbocycles. The van der Waals surface area contributed by atoms with Crippen LogP contribution in [0.4, 0.5) is 0 Å². The number of ether oxygens (including phenoxy) is 2. The molecule has 1 aliphatic carbocycles. The molecule has 4 heteroatoms. The molecule has 66 valence electrons. The summed E-state index contributed by atoms with van der Waals surface area (Å²) in [5, 5.41) is 0. The summed E-state index contributed by atoms with van der Waals surface area (Å²) >= 11 is 0. The number of esters is 2. The van der Waals surface area contributed by atoms with Gasteiger partial charge in [0.25, 0.3) is 0 Å². The van der Waals surface area contributed by atoms with Gasteiger partial charge in [0.15, 0.2) is 0 Å². The Labute approximate surface area is 70.1 Å². The van der Waals surface area contributed by atoms with Crippen molar-refractivity contribution in [1.29, 1.82) is 0 Å². The lowest BCUT2D eigenvalue weighted by Gasteiger charge is -2.20. The van der Waals surface area contributed by atoms with E-state index in [4.69, 9.17) is 9.47 Å². The van der Waals surface area contributed by atoms with Crippen LogP contribution >= 0.6 is 0 Å². The lowest BCUT2D eigenvalue weighted by Crippen LogP contribution is -2.14. The lowest BCUT2D eigenvalue weighted by molar-refractivity contribution is -0.142. The van der Waals surface area contributed by atoms with Gasteiger partial charge in [0.05, 0.1) is 0 Å². The van der Waals surface area contributed by atoms with E-state index in [2.05, 4.69) is 0 Å². The zero-order valence-electron chi connectivity index (χ0n) is 7.05. The fourth-order valence-corrected chi connectivity index (χ4v) is 0.892. The molecule has 0 bridgehead atoms. The number of rotatable bonds is 2. The molecule has 4 nitrogen and oxygen atoms in total. The van der Waals surface area contributed by atoms with Crippen molar-refractivity contribution in [3.63, 3.8) is 0 Å². The van der Waals surface area contributed by atoms with E-state index >= 15 is 0 Å². The van der Waals surface area contributed by atoms with Crippen molar-refractivity contribution in [2.24, 2.45) is 0 Å². The molecule has 0 heterocycles. The van der Waals surface area contributed by atoms with Crippen molar-refractivity contribution in [3.05, 3.63) is 11.5 Å². The van der Waals surface area contributed by atoms with Crippen LogP contribution in [-0.2, 0) is 19.1 Å². The molecule has 0 aliphatic heterocycles. The fraction of sp³-hybridized carbons (Fsp3) is 0.500. The maximum atomic E-state index is 10.5. The highest BCUT2D eigenvalue weighted by molar-refractivity contribution is 5.69. The van der Waals surface area contributed by atoms with Gasteiger partial charge in [-0.15, -0.1) is 0 Å². The van der Waals surface area contributed by atoms with E-state index in [0.29, 0.717) is 24.4 Å². The van der Waals surface area contributed by atoms with Crippen molar-refractivity contribution >= 4 is 11.9 Å². The van der Waals surface area contributed by atoms with E-state index in [1.54, 1.807) is 0 Å². The molecule has 0 aromatic carbocycles. The summed E-state index contributed by atoms with van der Waals surface area (Å²) in [5.41, 5.74) is 0. The quantitative estimate of drug-likeness (QED) is 0.582. The molecule has 0 radical (unpaired) electrons. The molecule has 0 atom stereocenters. The monoisotopic (exact) mass is 170 g/mol. The molecule has 0 aromatic rings. The predicted octanol–water partition coefficient (Wildman–Crippen LogP) is 1.12. The number of hydrogen-bond acceptors (Lipinski definition) is 4. The maximum absolute atomic E-state index is 10.5. The first-order valence-electron chi connectivity index (χ1n) is 3.68. The summed E-state index contributed by atoms with van der Waals surface area (Å²) in [6.07, 6.45) is 1.34. The van der Waals surface area contributed by atoms with Gasteiger partial charge < -0.3 is 9.47 Å². The van der Waals surface area contributed by atoms with Gasteiger partial charge in [-0.1, -0.05) is 0 Å². The minimum Gasteiger partial charge on any atom is -0.428 e. The first-order chi connectivity index (χ1) is 5.59. The van der Waals surface area contributed by atoms with Gasteiger partial charge in [-0.05, 0) is 0 Å². The Morgan fingerprint density at radius 2 is 1.33 bits per heavy atom. The highest BCUT2D eigenvalue weighted by Gasteiger charge is 2.23. The second-order valence-electron chi connectivity index (χ2n) is 2.53. The van der Waals surface area contributed by atoms with Crippen molar-refractivity contribution in [2.45, 2.75) is 26.7 Å². The van der Waals surface area contributed by atoms with Gasteiger partial charge >= 0.3 is 11.9 Å². The third-order valence-electron chi connectivity index (χ3n) is 1.42. The predicted molar refractivity (Wildman–Crippen MR) is 39.8 cm³/mol. The van der Waals surface area contributed by atoms with Crippen LogP contribution in [0.15, 0.2) is 11.5 Å². The summed E-state index contributed by atoms with van der Waals surface area (Å²) in [6, 6.07) is 0. The summed E-state index contributed by atoms with van der Waals surface area (Å²) in [7, 11) is 0. The highest BCUT2D eigenvalue weighted by Crippen LogP contribution is 2.29. The zero-order chi connectivity index (χ0) is 9.14. The Morgan fingerprint density at radius 3 is 1.50 bits per heavy atom. The first kappa shape index (κ1) is 8.77. The second-order valence-corrected chi connectivity index (χ2v) is 2.53. The minimum atomic E-state index is -0.380. The van der Waals surface area contributed by atoms with Crippen LogP contribution < -0.4 is 0 Å². The number of carbonyl (C=O) groups excluding carboxylic acids is 2. The molecule has 0 saturated heterocycles. The second kappa shape index (κ2) is 3.38. The van der Waals surface area contributed by atoms with Crippen LogP contribution in [-0.4, -0.2) is 11.9 Å². The average molecular weight is 170 g/mol. The topological polar surface area (TPSA) is 52.6 Å². The Morgan fingerprint density at radius 1 is 1.00 bits per heavy atom. The molecule has 0 N–H and O–H groups in total. The number of allylic oxidation sites excluding steroid dienone is 2. The molecule has 1 rings (SSSR count). The lowest BCUT2D eigenvalue weighted by atomic mass is 10.1. The van der Waals surface area contributed by atoms with Gasteiger partial charge in [-0.25, -0.2) is 0 Å². The molecule has 0 amide bonds. The third kappa shape index (κ3) is 2.08. The van der Waals surface area contributed by atoms with Gasteiger partial charge in [0, 0.05) is 26.7 Å². The van der Waals surface area contributed by atoms with E-state index in [1.165, 1.54) is 13.8 Å². The van der Waals surface area contributed by atoms with Crippen LogP contribution in [0.1, 0.15) is 26.7 Å². The zero-order valence-corrected chi connectivity index (χ0v) is 7.05. The highest BCUT2D eigenvalue weighted by atomic mass is 16.6. The standard InChI is InChI=1S/C8H10O4/c1-5(9)11-7-3-4-8(7)12-6(2)10/h3-4H2,1-2H3. The minimum absolute atomic E-state index is 0.380. The molecule has 12 heavy (non-hydrogen) atoms. The van der Waals surface area contributed by atoms with Crippen molar-refractivity contribution < 1.29 is 19.1 Å². The molecular formula is C8H10O4. The summed E-state index contributed by atoms with van der Waals surface area (Å²) < 4.78 is 9.53. The van der Waals surface area contributed by atoms with Crippen LogP contribution in [0.2, 0.25) is 0 Å². The van der Waals surface area contributed by atoms with Crippen molar-refractivity contribution in [2.75, 3.05) is 0 Å². The van der Waals surface area contributed by atoms with Gasteiger partial charge in [0.2, 0.25) is 0 Å². The van der Waals surface area contributed by atoms with Gasteiger partial charge in [-0.3, -0.25) is 9.59 Å². The van der Waals surface area contributed by atoms with Crippen LogP contribution in [0, 0.1) is 0 Å². The number of carbonyl (C=O) groups is 2. The summed E-state index contributed by atoms with van der Waals surface area (Å²) in [4.78, 5) is 21.0. The van der Waals surface area contributed by atoms with Crippen molar-refractivity contribution in [3.8, 4) is 0 Å². The SMILES string of the molecule is CC(=O)OC1=C(OC(C)=O)CC1. The molecule has 0 unspecified atom stereocenters. The molecule has 0 aromatic heterocycles. The first-order valence-corrected chi connectivity index (χ1v) is 3.68. The maximum Gasteiger partial charge on any atom is 0.307 e. The third-order valence-corrected chi connectivity index (χ3v) is 1.42. The molecular weight excluding hydrogens is 160 g/mol. The Bertz CT molecular complexity index is 226. The Hall–Kier alpha value is -1.32. The van der Waals surface area contributed by atoms with E-state index in [9.17, 15) is 9.59 Å². The van der Waals surface area contributed by atoms with E-state index < -0.39 is 0 Å². The van der Waals surface area contributed by atoms with Crippen LogP contribution in [0.5, 0.6) is 0 Å². The smallest absolute Gasteiger partial charge is 0.307 e. The molecule has 0 spiro atoms. The molecule has 0 fully saturated rings. The van der Waals surface area contributed by atoms with Gasteiger partial charge in [0.1, 0.15) is 11.5 Å². The molecule has 1 aliphatic rings. The number of hydrogen-bond donors (Lipinski definition) is 0. The summed E-state index contributed by atoms with van der Waals surface area (Å²) in [5.74, 6) is 0.208. The normalized spacial score (nSPS) is 15.2. The van der Waals surface area contributed by atoms with E-state index in [1.807, 2.05) is 0 Å². The fourth-order valence-electron chi connectivity index (χ4n) is 0.892. The Kier molecular flexibility index (Phi) is 2.47. The van der Waals surface area contributed by atoms with E-state index in [-0.39, 0.29) is 11.9 Å². The van der Waals surface area contributed by atoms with Crippen LogP contribution in [0.25, 0.3) is 0 Å². The average Bonchev–Trinajstić information content (AvgIpc) is 1.93. The Balaban J connectivity index is 2.53. The van der Waals surface area contributed by atoms with Crippen molar-refractivity contribution in [1.82, 2.24) is 0 Å². The van der Waals surface area contributed by atoms with Gasteiger partial charge in [-0.2, -0.15) is 0 Å². The largest absolute Gasteiger partial charge is 0.428 e. The summed E-state index contributed by atoms with van der Waals surface area (Å²) in [6.45, 7) is 2.63. The van der Waals surface area contributed by atoms with Crippen LogP contribution in [0.3, 0.4) is 0 Å².